The van der Waals surface area contributed by atoms with Crippen LogP contribution in [0, 0.1) is 0 Å². The summed E-state index contributed by atoms with van der Waals surface area (Å²) >= 11 is 0. The molecular weight excluding hydrogens is 244 g/mol. The van der Waals surface area contributed by atoms with Gasteiger partial charge in [-0.15, -0.1) is 0 Å². The maximum atomic E-state index is 3.54. The van der Waals surface area contributed by atoms with Crippen molar-refractivity contribution in [3.8, 4) is 0 Å². The van der Waals surface area contributed by atoms with E-state index >= 15 is 0 Å². The molecule has 0 fully saturated rings. The Kier molecular flexibility index (Phi) is 2.96. The van der Waals surface area contributed by atoms with Gasteiger partial charge in [0.2, 0.25) is 0 Å². The predicted octanol–water partition coefficient (Wildman–Crippen LogP) is 2.76. The molecule has 1 heterocycles. The molecule has 0 atom stereocenters. The van der Waals surface area contributed by atoms with Crippen LogP contribution < -0.4 is 10.2 Å². The molecule has 1 N–H and O–H groups in total. The Morgan fingerprint density at radius 3 is 2.25 bits per heavy atom. The molecule has 102 valence electrons. The quantitative estimate of drug-likeness (QED) is 0.852. The number of nitrogens with zero attached hydrogens (tertiary/aromatic N) is 1. The van der Waals surface area contributed by atoms with E-state index in [-0.39, 0.29) is 0 Å². The molecule has 0 radical (unpaired) electrons. The van der Waals surface area contributed by atoms with Gasteiger partial charge < -0.3 is 10.2 Å². The Bertz CT molecular complexity index is 595. The van der Waals surface area contributed by atoms with Crippen LogP contribution in [0.3, 0.4) is 0 Å². The van der Waals surface area contributed by atoms with Crippen molar-refractivity contribution in [2.45, 2.75) is 25.4 Å². The van der Waals surface area contributed by atoms with Crippen LogP contribution in [0.15, 0.2) is 48.5 Å². The second-order valence-electron chi connectivity index (χ2n) is 5.83. The van der Waals surface area contributed by atoms with Gasteiger partial charge in [-0.1, -0.05) is 42.5 Å². The fourth-order valence-electron chi connectivity index (χ4n) is 3.62. The van der Waals surface area contributed by atoms with Crippen LogP contribution in [-0.4, -0.2) is 19.1 Å². The van der Waals surface area contributed by atoms with Gasteiger partial charge >= 0.3 is 0 Å². The van der Waals surface area contributed by atoms with Gasteiger partial charge in [0, 0.05) is 31.4 Å². The zero-order valence-corrected chi connectivity index (χ0v) is 11.7. The van der Waals surface area contributed by atoms with E-state index in [9.17, 15) is 0 Å². The van der Waals surface area contributed by atoms with E-state index in [1.54, 1.807) is 0 Å². The lowest BCUT2D eigenvalue weighted by Crippen LogP contribution is -2.39. The fraction of sp³-hybridized carbons (Fsp3) is 0.333. The van der Waals surface area contributed by atoms with E-state index in [1.807, 2.05) is 0 Å². The molecule has 0 spiro atoms. The third kappa shape index (κ3) is 2.01. The average molecular weight is 264 g/mol. The third-order valence-electron chi connectivity index (χ3n) is 4.62. The van der Waals surface area contributed by atoms with E-state index in [1.165, 1.54) is 35.2 Å². The molecule has 0 saturated heterocycles. The van der Waals surface area contributed by atoms with E-state index in [0.717, 1.165) is 19.6 Å². The Balaban J connectivity index is 1.67. The van der Waals surface area contributed by atoms with E-state index < -0.39 is 0 Å². The molecule has 20 heavy (non-hydrogen) atoms. The van der Waals surface area contributed by atoms with Gasteiger partial charge in [0.05, 0.1) is 0 Å². The summed E-state index contributed by atoms with van der Waals surface area (Å²) < 4.78 is 0. The molecule has 2 heteroatoms. The average Bonchev–Trinajstić information content (AvgIpc) is 2.80. The van der Waals surface area contributed by atoms with Crippen molar-refractivity contribution in [3.63, 3.8) is 0 Å². The van der Waals surface area contributed by atoms with Gasteiger partial charge in [0.1, 0.15) is 0 Å². The van der Waals surface area contributed by atoms with Crippen LogP contribution >= 0.6 is 0 Å². The van der Waals surface area contributed by atoms with Crippen LogP contribution in [-0.2, 0) is 19.4 Å². The summed E-state index contributed by atoms with van der Waals surface area (Å²) in [7, 11) is 0. The van der Waals surface area contributed by atoms with Crippen LogP contribution in [0.1, 0.15) is 16.7 Å². The van der Waals surface area contributed by atoms with Gasteiger partial charge in [0.15, 0.2) is 0 Å². The minimum atomic E-state index is 0.619. The number of benzene rings is 2. The van der Waals surface area contributed by atoms with Gasteiger partial charge in [-0.25, -0.2) is 0 Å². The number of anilines is 1. The van der Waals surface area contributed by atoms with Crippen molar-refractivity contribution >= 4 is 5.69 Å². The number of nitrogens with one attached hydrogen (secondary N) is 1. The Morgan fingerprint density at radius 2 is 1.50 bits per heavy atom. The number of hydrogen-bond donors (Lipinski definition) is 1. The molecule has 2 aromatic carbocycles. The summed E-state index contributed by atoms with van der Waals surface area (Å²) in [5.41, 5.74) is 5.93. The number of rotatable bonds is 1. The maximum Gasteiger partial charge on any atom is 0.0415 e. The third-order valence-corrected chi connectivity index (χ3v) is 4.62. The predicted molar refractivity (Wildman–Crippen MR) is 83.1 cm³/mol. The SMILES string of the molecule is c1ccc2c(c1)CC(N1CCNCc3ccccc31)C2. The molecule has 0 bridgehead atoms. The normalized spacial score (nSPS) is 18.5. The highest BCUT2D eigenvalue weighted by Gasteiger charge is 2.28. The molecule has 2 aliphatic rings. The molecule has 4 rings (SSSR count). The lowest BCUT2D eigenvalue weighted by molar-refractivity contribution is 0.603. The van der Waals surface area contributed by atoms with Crippen molar-refractivity contribution in [3.05, 3.63) is 65.2 Å². The molecule has 0 amide bonds. The second kappa shape index (κ2) is 4.95. The minimum absolute atomic E-state index is 0.619. The summed E-state index contributed by atoms with van der Waals surface area (Å²) in [6.45, 7) is 3.17. The summed E-state index contributed by atoms with van der Waals surface area (Å²) in [5.74, 6) is 0. The number of hydrogen-bond acceptors (Lipinski definition) is 2. The first kappa shape index (κ1) is 12.0. The Morgan fingerprint density at radius 1 is 0.850 bits per heavy atom. The monoisotopic (exact) mass is 264 g/mol. The highest BCUT2D eigenvalue weighted by Crippen LogP contribution is 2.31. The Hall–Kier alpha value is -1.80. The van der Waals surface area contributed by atoms with E-state index in [4.69, 9.17) is 0 Å². The first-order valence-electron chi connectivity index (χ1n) is 7.54. The highest BCUT2D eigenvalue weighted by atomic mass is 15.2. The topological polar surface area (TPSA) is 15.3 Å². The number of para-hydroxylation sites is 1. The van der Waals surface area contributed by atoms with Gasteiger partial charge in [-0.3, -0.25) is 0 Å². The van der Waals surface area contributed by atoms with Crippen molar-refractivity contribution in [2.24, 2.45) is 0 Å². The standard InChI is InChI=1S/C18H20N2/c1-2-6-15-12-17(11-14(15)5-1)20-10-9-19-13-16-7-3-4-8-18(16)20/h1-8,17,19H,9-13H2. The van der Waals surface area contributed by atoms with Crippen LogP contribution in [0.5, 0.6) is 0 Å². The van der Waals surface area contributed by atoms with Crippen molar-refractivity contribution < 1.29 is 0 Å². The van der Waals surface area contributed by atoms with Gasteiger partial charge in [-0.2, -0.15) is 0 Å². The lowest BCUT2D eigenvalue weighted by atomic mass is 10.1. The molecular formula is C18H20N2. The molecule has 2 nitrogen and oxygen atoms in total. The zero-order valence-electron chi connectivity index (χ0n) is 11.7. The first-order valence-corrected chi connectivity index (χ1v) is 7.54. The second-order valence-corrected chi connectivity index (χ2v) is 5.83. The van der Waals surface area contributed by atoms with E-state index in [0.29, 0.717) is 6.04 Å². The van der Waals surface area contributed by atoms with Crippen molar-refractivity contribution in [2.75, 3.05) is 18.0 Å². The zero-order chi connectivity index (χ0) is 13.4. The largest absolute Gasteiger partial charge is 0.366 e. The lowest BCUT2D eigenvalue weighted by Gasteiger charge is -2.31. The van der Waals surface area contributed by atoms with Crippen molar-refractivity contribution in [1.29, 1.82) is 0 Å². The summed E-state index contributed by atoms with van der Waals surface area (Å²) in [6, 6.07) is 18.4. The molecule has 1 aliphatic carbocycles. The van der Waals surface area contributed by atoms with Gasteiger partial charge in [-0.05, 0) is 35.6 Å². The maximum absolute atomic E-state index is 3.54. The Labute approximate surface area is 120 Å². The number of fused-ring (bicyclic) bond motifs is 2. The minimum Gasteiger partial charge on any atom is -0.366 e. The highest BCUT2D eigenvalue weighted by molar-refractivity contribution is 5.56. The van der Waals surface area contributed by atoms with E-state index in [2.05, 4.69) is 58.7 Å². The smallest absolute Gasteiger partial charge is 0.0415 e. The molecule has 0 saturated carbocycles. The summed E-state index contributed by atoms with van der Waals surface area (Å²) in [5, 5.41) is 3.54. The summed E-state index contributed by atoms with van der Waals surface area (Å²) in [6.07, 6.45) is 2.37. The van der Waals surface area contributed by atoms with Crippen LogP contribution in [0.25, 0.3) is 0 Å². The fourth-order valence-corrected chi connectivity index (χ4v) is 3.62. The molecule has 0 unspecified atom stereocenters. The molecule has 0 aromatic heterocycles. The van der Waals surface area contributed by atoms with Crippen LogP contribution in [0.2, 0.25) is 0 Å². The first-order chi connectivity index (χ1) is 9.92. The van der Waals surface area contributed by atoms with Crippen LogP contribution in [0.4, 0.5) is 5.69 Å². The summed E-state index contributed by atoms with van der Waals surface area (Å²) in [4.78, 5) is 2.62. The van der Waals surface area contributed by atoms with Crippen molar-refractivity contribution in [1.82, 2.24) is 5.32 Å². The molecule has 2 aromatic rings. The van der Waals surface area contributed by atoms with Gasteiger partial charge in [0.25, 0.3) is 0 Å². The molecule has 1 aliphatic heterocycles.